The zero-order chi connectivity index (χ0) is 21.1. The SMILES string of the molecule is Cc1nn(-c2ccc(Cl)cc2Cl)c(C)c1CC(=O)NCCN1CC(C)OC(C)C1. The number of hydrogen-bond donors (Lipinski definition) is 1. The van der Waals surface area contributed by atoms with Crippen LogP contribution in [0.2, 0.25) is 10.0 Å². The molecule has 0 saturated carbocycles. The number of aromatic nitrogens is 2. The van der Waals surface area contributed by atoms with E-state index in [0.29, 0.717) is 23.0 Å². The zero-order valence-corrected chi connectivity index (χ0v) is 18.8. The van der Waals surface area contributed by atoms with Crippen LogP contribution in [-0.4, -0.2) is 59.0 Å². The molecule has 8 heteroatoms. The summed E-state index contributed by atoms with van der Waals surface area (Å²) in [5.41, 5.74) is 3.39. The third-order valence-electron chi connectivity index (χ3n) is 5.16. The Kier molecular flexibility index (Phi) is 7.22. The largest absolute Gasteiger partial charge is 0.373 e. The van der Waals surface area contributed by atoms with Crippen molar-refractivity contribution in [1.82, 2.24) is 20.0 Å². The molecule has 6 nitrogen and oxygen atoms in total. The number of carbonyl (C=O) groups is 1. The number of nitrogens with one attached hydrogen (secondary N) is 1. The van der Waals surface area contributed by atoms with Crippen molar-refractivity contribution in [2.45, 2.75) is 46.3 Å². The number of halogens is 2. The lowest BCUT2D eigenvalue weighted by Crippen LogP contribution is -2.48. The van der Waals surface area contributed by atoms with Crippen molar-refractivity contribution in [2.75, 3.05) is 26.2 Å². The van der Waals surface area contributed by atoms with E-state index in [1.807, 2.05) is 19.9 Å². The van der Waals surface area contributed by atoms with Gasteiger partial charge >= 0.3 is 0 Å². The average Bonchev–Trinajstić information content (AvgIpc) is 2.89. The Bertz CT molecular complexity index is 874. The molecule has 2 atom stereocenters. The van der Waals surface area contributed by atoms with Crippen molar-refractivity contribution in [3.8, 4) is 5.69 Å². The summed E-state index contributed by atoms with van der Waals surface area (Å²) in [5.74, 6) is -0.00712. The van der Waals surface area contributed by atoms with Crippen LogP contribution in [0.4, 0.5) is 0 Å². The lowest BCUT2D eigenvalue weighted by Gasteiger charge is -2.35. The van der Waals surface area contributed by atoms with Crippen molar-refractivity contribution in [3.05, 3.63) is 45.2 Å². The Morgan fingerprint density at radius 2 is 1.93 bits per heavy atom. The van der Waals surface area contributed by atoms with Crippen LogP contribution in [0.1, 0.15) is 30.8 Å². The normalized spacial score (nSPS) is 20.1. The van der Waals surface area contributed by atoms with Gasteiger partial charge in [-0.15, -0.1) is 0 Å². The first kappa shape index (κ1) is 22.1. The van der Waals surface area contributed by atoms with Gasteiger partial charge in [0.2, 0.25) is 5.91 Å². The molecule has 29 heavy (non-hydrogen) atoms. The van der Waals surface area contributed by atoms with E-state index in [0.717, 1.165) is 42.3 Å². The highest BCUT2D eigenvalue weighted by Crippen LogP contribution is 2.27. The summed E-state index contributed by atoms with van der Waals surface area (Å²) < 4.78 is 7.52. The molecule has 1 N–H and O–H groups in total. The molecule has 1 aromatic carbocycles. The number of ether oxygens (including phenoxy) is 1. The Morgan fingerprint density at radius 1 is 1.24 bits per heavy atom. The second-order valence-electron chi connectivity index (χ2n) is 7.70. The second-order valence-corrected chi connectivity index (χ2v) is 8.54. The van der Waals surface area contributed by atoms with Crippen LogP contribution in [0, 0.1) is 13.8 Å². The maximum Gasteiger partial charge on any atom is 0.224 e. The number of hydrogen-bond acceptors (Lipinski definition) is 4. The fourth-order valence-corrected chi connectivity index (χ4v) is 4.35. The van der Waals surface area contributed by atoms with Gasteiger partial charge in [0, 0.05) is 42.5 Å². The topological polar surface area (TPSA) is 59.4 Å². The first-order chi connectivity index (χ1) is 13.7. The predicted octanol–water partition coefficient (Wildman–Crippen LogP) is 3.56. The molecule has 1 aliphatic heterocycles. The molecule has 3 rings (SSSR count). The molecule has 2 aromatic rings. The minimum absolute atomic E-state index is 0.00712. The van der Waals surface area contributed by atoms with Gasteiger partial charge < -0.3 is 10.1 Å². The van der Waals surface area contributed by atoms with Crippen molar-refractivity contribution in [1.29, 1.82) is 0 Å². The van der Waals surface area contributed by atoms with Crippen LogP contribution in [0.3, 0.4) is 0 Å². The highest BCUT2D eigenvalue weighted by Gasteiger charge is 2.22. The summed E-state index contributed by atoms with van der Waals surface area (Å²) in [6.07, 6.45) is 0.745. The molecule has 1 saturated heterocycles. The predicted molar refractivity (Wildman–Crippen MR) is 116 cm³/mol. The Labute approximate surface area is 182 Å². The molecule has 0 aliphatic carbocycles. The summed E-state index contributed by atoms with van der Waals surface area (Å²) in [4.78, 5) is 14.8. The number of carbonyl (C=O) groups excluding carboxylic acids is 1. The summed E-state index contributed by atoms with van der Waals surface area (Å²) >= 11 is 12.3. The standard InChI is InChI=1S/C21H28Cl2N4O2/c1-13-11-26(12-14(2)29-13)8-7-24-21(28)10-18-15(3)25-27(16(18)4)20-6-5-17(22)9-19(20)23/h5-6,9,13-14H,7-8,10-12H2,1-4H3,(H,24,28). The third kappa shape index (κ3) is 5.51. The molecule has 0 spiro atoms. The quantitative estimate of drug-likeness (QED) is 0.748. The Morgan fingerprint density at radius 3 is 2.59 bits per heavy atom. The highest BCUT2D eigenvalue weighted by molar-refractivity contribution is 6.35. The van der Waals surface area contributed by atoms with E-state index in [2.05, 4.69) is 29.2 Å². The molecule has 1 fully saturated rings. The molecular formula is C21H28Cl2N4O2. The molecular weight excluding hydrogens is 411 g/mol. The average molecular weight is 439 g/mol. The van der Waals surface area contributed by atoms with Gasteiger partial charge in [-0.25, -0.2) is 4.68 Å². The van der Waals surface area contributed by atoms with E-state index in [4.69, 9.17) is 27.9 Å². The van der Waals surface area contributed by atoms with Crippen LogP contribution in [0.25, 0.3) is 5.69 Å². The van der Waals surface area contributed by atoms with Gasteiger partial charge in [0.25, 0.3) is 0 Å². The van der Waals surface area contributed by atoms with E-state index in [1.165, 1.54) is 0 Å². The van der Waals surface area contributed by atoms with Crippen LogP contribution in [0.15, 0.2) is 18.2 Å². The van der Waals surface area contributed by atoms with E-state index in [-0.39, 0.29) is 18.1 Å². The molecule has 2 heterocycles. The highest BCUT2D eigenvalue weighted by atomic mass is 35.5. The third-order valence-corrected chi connectivity index (χ3v) is 5.70. The lowest BCUT2D eigenvalue weighted by atomic mass is 10.1. The van der Waals surface area contributed by atoms with Crippen molar-refractivity contribution < 1.29 is 9.53 Å². The summed E-state index contributed by atoms with van der Waals surface area (Å²) in [7, 11) is 0. The van der Waals surface area contributed by atoms with Crippen LogP contribution in [0.5, 0.6) is 0 Å². The van der Waals surface area contributed by atoms with Crippen LogP contribution in [-0.2, 0) is 16.0 Å². The monoisotopic (exact) mass is 438 g/mol. The molecule has 0 bridgehead atoms. The number of nitrogens with zero attached hydrogens (tertiary/aromatic N) is 3. The summed E-state index contributed by atoms with van der Waals surface area (Å²) in [6, 6.07) is 5.30. The maximum atomic E-state index is 12.5. The van der Waals surface area contributed by atoms with Crippen LogP contribution >= 0.6 is 23.2 Å². The van der Waals surface area contributed by atoms with Gasteiger partial charge in [-0.3, -0.25) is 9.69 Å². The van der Waals surface area contributed by atoms with E-state index in [1.54, 1.807) is 16.8 Å². The van der Waals surface area contributed by atoms with Gasteiger partial charge in [0.05, 0.1) is 35.0 Å². The fraction of sp³-hybridized carbons (Fsp3) is 0.524. The van der Waals surface area contributed by atoms with Gasteiger partial charge in [-0.2, -0.15) is 5.10 Å². The Hall–Kier alpha value is -1.60. The van der Waals surface area contributed by atoms with E-state index in [9.17, 15) is 4.79 Å². The van der Waals surface area contributed by atoms with Gasteiger partial charge in [0.15, 0.2) is 0 Å². The van der Waals surface area contributed by atoms with Gasteiger partial charge in [-0.05, 0) is 45.9 Å². The minimum atomic E-state index is -0.00712. The first-order valence-corrected chi connectivity index (χ1v) is 10.6. The van der Waals surface area contributed by atoms with Gasteiger partial charge in [0.1, 0.15) is 0 Å². The number of benzene rings is 1. The number of aryl methyl sites for hydroxylation is 1. The Balaban J connectivity index is 1.60. The molecule has 1 amide bonds. The number of amides is 1. The summed E-state index contributed by atoms with van der Waals surface area (Å²) in [6.45, 7) is 11.3. The second kappa shape index (κ2) is 9.47. The van der Waals surface area contributed by atoms with Crippen LogP contribution < -0.4 is 5.32 Å². The molecule has 0 radical (unpaired) electrons. The number of rotatable bonds is 6. The first-order valence-electron chi connectivity index (χ1n) is 9.89. The molecule has 158 valence electrons. The van der Waals surface area contributed by atoms with Crippen molar-refractivity contribution in [2.24, 2.45) is 0 Å². The van der Waals surface area contributed by atoms with E-state index >= 15 is 0 Å². The molecule has 2 unspecified atom stereocenters. The van der Waals surface area contributed by atoms with Crippen molar-refractivity contribution in [3.63, 3.8) is 0 Å². The fourth-order valence-electron chi connectivity index (χ4n) is 3.86. The number of morpholine rings is 1. The lowest BCUT2D eigenvalue weighted by molar-refractivity contribution is -0.120. The summed E-state index contributed by atoms with van der Waals surface area (Å²) in [5, 5.41) is 8.70. The smallest absolute Gasteiger partial charge is 0.224 e. The van der Waals surface area contributed by atoms with E-state index < -0.39 is 0 Å². The van der Waals surface area contributed by atoms with Crippen molar-refractivity contribution >= 4 is 29.1 Å². The molecule has 1 aromatic heterocycles. The van der Waals surface area contributed by atoms with Gasteiger partial charge in [-0.1, -0.05) is 23.2 Å². The molecule has 1 aliphatic rings. The maximum absolute atomic E-state index is 12.5. The minimum Gasteiger partial charge on any atom is -0.373 e. The zero-order valence-electron chi connectivity index (χ0n) is 17.3.